The first-order valence-corrected chi connectivity index (χ1v) is 7.18. The van der Waals surface area contributed by atoms with Gasteiger partial charge in [0.25, 0.3) is 5.91 Å². The summed E-state index contributed by atoms with van der Waals surface area (Å²) in [6.45, 7) is 6.72. The molecule has 0 unspecified atom stereocenters. The zero-order valence-electron chi connectivity index (χ0n) is 12.6. The van der Waals surface area contributed by atoms with Crippen molar-refractivity contribution in [1.82, 2.24) is 0 Å². The minimum Gasteiger partial charge on any atom is -0.307 e. The van der Waals surface area contributed by atoms with Gasteiger partial charge in [-0.15, -0.1) is 0 Å². The molecular formula is C18H18N2O. The number of likely N-dealkylation sites (N-methyl/N-ethyl adjacent to an activating group) is 1. The fourth-order valence-corrected chi connectivity index (χ4v) is 2.83. The van der Waals surface area contributed by atoms with Crippen LogP contribution in [0.25, 0.3) is 0 Å². The van der Waals surface area contributed by atoms with E-state index in [-0.39, 0.29) is 5.91 Å². The van der Waals surface area contributed by atoms with Gasteiger partial charge in [0.2, 0.25) is 0 Å². The molecular weight excluding hydrogens is 260 g/mol. The number of rotatable bonds is 2. The number of para-hydroxylation sites is 1. The second-order valence-corrected chi connectivity index (χ2v) is 5.37. The van der Waals surface area contributed by atoms with Crippen molar-refractivity contribution < 1.29 is 4.79 Å². The Bertz CT molecular complexity index is 726. The number of hydrogen-bond donors (Lipinski definition) is 0. The summed E-state index contributed by atoms with van der Waals surface area (Å²) in [7, 11) is 0. The predicted octanol–water partition coefficient (Wildman–Crippen LogP) is 3.79. The van der Waals surface area contributed by atoms with Crippen LogP contribution >= 0.6 is 0 Å². The van der Waals surface area contributed by atoms with Gasteiger partial charge in [-0.05, 0) is 50.1 Å². The van der Waals surface area contributed by atoms with E-state index in [1.165, 1.54) is 0 Å². The molecule has 0 fully saturated rings. The maximum absolute atomic E-state index is 12.6. The summed E-state index contributed by atoms with van der Waals surface area (Å²) in [6.07, 6.45) is 0. The van der Waals surface area contributed by atoms with Crippen LogP contribution in [0, 0.1) is 13.8 Å². The fourth-order valence-electron chi connectivity index (χ4n) is 2.83. The highest BCUT2D eigenvalue weighted by atomic mass is 16.2. The molecule has 0 radical (unpaired) electrons. The molecule has 2 aromatic rings. The van der Waals surface area contributed by atoms with Crippen molar-refractivity contribution in [3.63, 3.8) is 0 Å². The van der Waals surface area contributed by atoms with Crippen LogP contribution in [0.3, 0.4) is 0 Å². The van der Waals surface area contributed by atoms with Crippen LogP contribution in [0.1, 0.15) is 23.6 Å². The van der Waals surface area contributed by atoms with E-state index in [0.29, 0.717) is 12.3 Å². The standard InChI is InChI=1S/C18H18N2O/c1-4-20-16-8-6-5-7-15(16)17(18(20)21)19-14-10-12(2)9-13(3)11-14/h5-11H,4H2,1-3H3. The highest BCUT2D eigenvalue weighted by Crippen LogP contribution is 2.30. The molecule has 21 heavy (non-hydrogen) atoms. The SMILES string of the molecule is CCN1C(=O)C(=Nc2cc(C)cc(C)c2)c2ccccc21. The number of nitrogens with zero attached hydrogens (tertiary/aromatic N) is 2. The first-order chi connectivity index (χ1) is 10.1. The molecule has 106 valence electrons. The second kappa shape index (κ2) is 5.17. The molecule has 0 saturated heterocycles. The third-order valence-corrected chi connectivity index (χ3v) is 3.66. The fraction of sp³-hybridized carbons (Fsp3) is 0.222. The smallest absolute Gasteiger partial charge is 0.277 e. The topological polar surface area (TPSA) is 32.7 Å². The quantitative estimate of drug-likeness (QED) is 0.822. The molecule has 2 aromatic carbocycles. The lowest BCUT2D eigenvalue weighted by Crippen LogP contribution is -2.29. The van der Waals surface area contributed by atoms with Crippen molar-refractivity contribution in [3.05, 3.63) is 59.2 Å². The van der Waals surface area contributed by atoms with Crippen LogP contribution in [0.4, 0.5) is 11.4 Å². The van der Waals surface area contributed by atoms with E-state index in [1.807, 2.05) is 57.2 Å². The van der Waals surface area contributed by atoms with Crippen molar-refractivity contribution >= 4 is 23.0 Å². The summed E-state index contributed by atoms with van der Waals surface area (Å²) in [5, 5.41) is 0. The summed E-state index contributed by atoms with van der Waals surface area (Å²) >= 11 is 0. The number of amides is 1. The van der Waals surface area contributed by atoms with Gasteiger partial charge in [-0.3, -0.25) is 4.79 Å². The van der Waals surface area contributed by atoms with Gasteiger partial charge in [0.15, 0.2) is 0 Å². The van der Waals surface area contributed by atoms with Crippen molar-refractivity contribution in [3.8, 4) is 0 Å². The first-order valence-electron chi connectivity index (χ1n) is 7.18. The van der Waals surface area contributed by atoms with E-state index in [9.17, 15) is 4.79 Å². The Morgan fingerprint density at radius 2 is 1.71 bits per heavy atom. The Labute approximate surface area is 124 Å². The Morgan fingerprint density at radius 1 is 1.05 bits per heavy atom. The molecule has 1 heterocycles. The lowest BCUT2D eigenvalue weighted by Gasteiger charge is -2.12. The number of carbonyl (C=O) groups is 1. The van der Waals surface area contributed by atoms with Crippen molar-refractivity contribution in [1.29, 1.82) is 0 Å². The van der Waals surface area contributed by atoms with Crippen LogP contribution in [-0.2, 0) is 4.79 Å². The van der Waals surface area contributed by atoms with Crippen LogP contribution in [0.5, 0.6) is 0 Å². The molecule has 0 N–H and O–H groups in total. The average molecular weight is 278 g/mol. The van der Waals surface area contributed by atoms with E-state index in [4.69, 9.17) is 0 Å². The second-order valence-electron chi connectivity index (χ2n) is 5.37. The number of hydrogen-bond acceptors (Lipinski definition) is 2. The zero-order chi connectivity index (χ0) is 15.0. The summed E-state index contributed by atoms with van der Waals surface area (Å²) in [6, 6.07) is 13.9. The number of anilines is 1. The van der Waals surface area contributed by atoms with Crippen molar-refractivity contribution in [2.24, 2.45) is 4.99 Å². The maximum Gasteiger partial charge on any atom is 0.277 e. The third-order valence-electron chi connectivity index (χ3n) is 3.66. The molecule has 0 bridgehead atoms. The number of aliphatic imine (C=N–C) groups is 1. The van der Waals surface area contributed by atoms with E-state index < -0.39 is 0 Å². The van der Waals surface area contributed by atoms with Gasteiger partial charge in [-0.25, -0.2) is 4.99 Å². The summed E-state index contributed by atoms with van der Waals surface area (Å²) in [4.78, 5) is 19.0. The van der Waals surface area contributed by atoms with Gasteiger partial charge in [-0.1, -0.05) is 24.3 Å². The monoisotopic (exact) mass is 278 g/mol. The lowest BCUT2D eigenvalue weighted by atomic mass is 10.1. The van der Waals surface area contributed by atoms with Gasteiger partial charge < -0.3 is 4.90 Å². The molecule has 1 amide bonds. The molecule has 3 rings (SSSR count). The Hall–Kier alpha value is -2.42. The summed E-state index contributed by atoms with van der Waals surface area (Å²) < 4.78 is 0. The van der Waals surface area contributed by atoms with Crippen LogP contribution in [-0.4, -0.2) is 18.2 Å². The molecule has 0 saturated carbocycles. The van der Waals surface area contributed by atoms with Gasteiger partial charge >= 0.3 is 0 Å². The highest BCUT2D eigenvalue weighted by Gasteiger charge is 2.32. The minimum atomic E-state index is -0.0159. The van der Waals surface area contributed by atoms with E-state index in [0.717, 1.165) is 28.1 Å². The lowest BCUT2D eigenvalue weighted by molar-refractivity contribution is -0.112. The molecule has 0 aliphatic carbocycles. The van der Waals surface area contributed by atoms with Crippen molar-refractivity contribution in [2.75, 3.05) is 11.4 Å². The highest BCUT2D eigenvalue weighted by molar-refractivity contribution is 6.54. The average Bonchev–Trinajstić information content (AvgIpc) is 2.70. The molecule has 0 aromatic heterocycles. The minimum absolute atomic E-state index is 0.0159. The third kappa shape index (κ3) is 2.35. The first kappa shape index (κ1) is 13.6. The molecule has 0 atom stereocenters. The van der Waals surface area contributed by atoms with Gasteiger partial charge in [0.05, 0.1) is 11.4 Å². The maximum atomic E-state index is 12.6. The Morgan fingerprint density at radius 3 is 2.38 bits per heavy atom. The van der Waals surface area contributed by atoms with E-state index >= 15 is 0 Å². The van der Waals surface area contributed by atoms with Crippen LogP contribution < -0.4 is 4.90 Å². The zero-order valence-corrected chi connectivity index (χ0v) is 12.6. The molecule has 0 spiro atoms. The Kier molecular flexibility index (Phi) is 3.34. The van der Waals surface area contributed by atoms with Gasteiger partial charge in [0, 0.05) is 12.1 Å². The largest absolute Gasteiger partial charge is 0.307 e. The molecule has 1 aliphatic rings. The number of benzene rings is 2. The van der Waals surface area contributed by atoms with Crippen molar-refractivity contribution in [2.45, 2.75) is 20.8 Å². The summed E-state index contributed by atoms with van der Waals surface area (Å²) in [5.74, 6) is -0.0159. The number of aryl methyl sites for hydroxylation is 2. The normalized spacial score (nSPS) is 15.7. The number of fused-ring (bicyclic) bond motifs is 1. The number of carbonyl (C=O) groups excluding carboxylic acids is 1. The van der Waals surface area contributed by atoms with Crippen LogP contribution in [0.2, 0.25) is 0 Å². The predicted molar refractivity (Wildman–Crippen MR) is 86.6 cm³/mol. The van der Waals surface area contributed by atoms with Crippen LogP contribution in [0.15, 0.2) is 47.5 Å². The molecule has 3 nitrogen and oxygen atoms in total. The van der Waals surface area contributed by atoms with Gasteiger partial charge in [-0.2, -0.15) is 0 Å². The van der Waals surface area contributed by atoms with Gasteiger partial charge in [0.1, 0.15) is 5.71 Å². The summed E-state index contributed by atoms with van der Waals surface area (Å²) in [5.41, 5.74) is 5.55. The van der Waals surface area contributed by atoms with E-state index in [2.05, 4.69) is 11.1 Å². The Balaban J connectivity index is 2.14. The molecule has 3 heteroatoms. The van der Waals surface area contributed by atoms with E-state index in [1.54, 1.807) is 4.90 Å². The molecule has 1 aliphatic heterocycles.